The summed E-state index contributed by atoms with van der Waals surface area (Å²) in [6.07, 6.45) is 6.01. The first kappa shape index (κ1) is 15.5. The SMILES string of the molecule is O=C(NC1CC1)[C@@H]1CCCN1C(=O)NC[C@@H]1CCc2ccccc21. The maximum absolute atomic E-state index is 12.6. The van der Waals surface area contributed by atoms with Gasteiger partial charge in [-0.1, -0.05) is 24.3 Å². The van der Waals surface area contributed by atoms with E-state index >= 15 is 0 Å². The van der Waals surface area contributed by atoms with Crippen LogP contribution in [0.25, 0.3) is 0 Å². The highest BCUT2D eigenvalue weighted by Gasteiger charge is 2.36. The maximum atomic E-state index is 12.6. The van der Waals surface area contributed by atoms with Gasteiger partial charge in [0.25, 0.3) is 0 Å². The van der Waals surface area contributed by atoms with Gasteiger partial charge in [0.05, 0.1) is 0 Å². The molecular formula is C19H25N3O2. The summed E-state index contributed by atoms with van der Waals surface area (Å²) in [5.74, 6) is 0.419. The minimum absolute atomic E-state index is 0.0244. The third kappa shape index (κ3) is 3.12. The Morgan fingerprint density at radius 3 is 2.79 bits per heavy atom. The summed E-state index contributed by atoms with van der Waals surface area (Å²) in [6.45, 7) is 1.33. The largest absolute Gasteiger partial charge is 0.352 e. The van der Waals surface area contributed by atoms with E-state index in [1.165, 1.54) is 11.1 Å². The molecule has 0 spiro atoms. The van der Waals surface area contributed by atoms with Crippen molar-refractivity contribution in [1.82, 2.24) is 15.5 Å². The lowest BCUT2D eigenvalue weighted by Gasteiger charge is -2.25. The number of carbonyl (C=O) groups is 2. The number of amides is 3. The Hall–Kier alpha value is -2.04. The average molecular weight is 327 g/mol. The Morgan fingerprint density at radius 1 is 1.12 bits per heavy atom. The van der Waals surface area contributed by atoms with Crippen LogP contribution in [0.1, 0.15) is 49.1 Å². The van der Waals surface area contributed by atoms with Gasteiger partial charge in [-0.05, 0) is 49.7 Å². The van der Waals surface area contributed by atoms with E-state index in [9.17, 15) is 9.59 Å². The summed E-state index contributed by atoms with van der Waals surface area (Å²) in [5, 5.41) is 6.10. The van der Waals surface area contributed by atoms with E-state index in [1.807, 2.05) is 0 Å². The fourth-order valence-corrected chi connectivity index (χ4v) is 3.98. The lowest BCUT2D eigenvalue weighted by molar-refractivity contribution is -0.124. The summed E-state index contributed by atoms with van der Waals surface area (Å²) in [5.41, 5.74) is 2.77. The van der Waals surface area contributed by atoms with Crippen LogP contribution < -0.4 is 10.6 Å². The highest BCUT2D eigenvalue weighted by atomic mass is 16.2. The summed E-state index contributed by atoms with van der Waals surface area (Å²) < 4.78 is 0. The molecule has 0 bridgehead atoms. The van der Waals surface area contributed by atoms with E-state index in [4.69, 9.17) is 0 Å². The lowest BCUT2D eigenvalue weighted by atomic mass is 10.0. The maximum Gasteiger partial charge on any atom is 0.318 e. The molecule has 5 heteroatoms. The van der Waals surface area contributed by atoms with Crippen molar-refractivity contribution < 1.29 is 9.59 Å². The molecule has 24 heavy (non-hydrogen) atoms. The van der Waals surface area contributed by atoms with Gasteiger partial charge in [0.15, 0.2) is 0 Å². The number of aryl methyl sites for hydroxylation is 1. The van der Waals surface area contributed by atoms with Gasteiger partial charge < -0.3 is 15.5 Å². The number of hydrogen-bond donors (Lipinski definition) is 2. The second-order valence-corrected chi connectivity index (χ2v) is 7.25. The molecule has 128 valence electrons. The van der Waals surface area contributed by atoms with Gasteiger partial charge in [-0.2, -0.15) is 0 Å². The summed E-state index contributed by atoms with van der Waals surface area (Å²) >= 11 is 0. The zero-order chi connectivity index (χ0) is 16.5. The third-order valence-electron chi connectivity index (χ3n) is 5.50. The number of likely N-dealkylation sites (tertiary alicyclic amines) is 1. The van der Waals surface area contributed by atoms with E-state index in [1.54, 1.807) is 4.90 Å². The second-order valence-electron chi connectivity index (χ2n) is 7.25. The molecule has 2 fully saturated rings. The molecule has 2 N–H and O–H groups in total. The van der Waals surface area contributed by atoms with Crippen LogP contribution in [0.5, 0.6) is 0 Å². The fourth-order valence-electron chi connectivity index (χ4n) is 3.98. The van der Waals surface area contributed by atoms with E-state index in [2.05, 4.69) is 34.9 Å². The molecule has 5 nitrogen and oxygen atoms in total. The van der Waals surface area contributed by atoms with Crippen molar-refractivity contribution in [3.63, 3.8) is 0 Å². The summed E-state index contributed by atoms with van der Waals surface area (Å²) in [4.78, 5) is 26.6. The number of carbonyl (C=O) groups excluding carboxylic acids is 2. The van der Waals surface area contributed by atoms with Gasteiger partial charge in [-0.25, -0.2) is 4.79 Å². The van der Waals surface area contributed by atoms with Crippen molar-refractivity contribution in [2.24, 2.45) is 0 Å². The van der Waals surface area contributed by atoms with Crippen molar-refractivity contribution in [1.29, 1.82) is 0 Å². The summed E-state index contributed by atoms with van der Waals surface area (Å²) in [7, 11) is 0. The predicted octanol–water partition coefficient (Wildman–Crippen LogP) is 2.17. The topological polar surface area (TPSA) is 61.4 Å². The van der Waals surface area contributed by atoms with E-state index in [0.717, 1.165) is 38.5 Å². The molecule has 2 atom stereocenters. The van der Waals surface area contributed by atoms with Crippen molar-refractivity contribution in [2.45, 2.75) is 56.5 Å². The highest BCUT2D eigenvalue weighted by molar-refractivity contribution is 5.88. The molecule has 3 aliphatic rings. The Balaban J connectivity index is 1.33. The predicted molar refractivity (Wildman–Crippen MR) is 91.8 cm³/mol. The average Bonchev–Trinajstić information content (AvgIpc) is 3.13. The molecule has 0 unspecified atom stereocenters. The molecule has 1 saturated carbocycles. The van der Waals surface area contributed by atoms with Crippen LogP contribution in [-0.2, 0) is 11.2 Å². The fraction of sp³-hybridized carbons (Fsp3) is 0.579. The molecule has 3 amide bonds. The minimum Gasteiger partial charge on any atom is -0.352 e. The number of fused-ring (bicyclic) bond motifs is 1. The molecular weight excluding hydrogens is 302 g/mol. The van der Waals surface area contributed by atoms with Gasteiger partial charge in [-0.15, -0.1) is 0 Å². The smallest absolute Gasteiger partial charge is 0.318 e. The van der Waals surface area contributed by atoms with Crippen molar-refractivity contribution in [3.05, 3.63) is 35.4 Å². The number of nitrogens with zero attached hydrogens (tertiary/aromatic N) is 1. The van der Waals surface area contributed by atoms with Gasteiger partial charge in [0, 0.05) is 25.0 Å². The lowest BCUT2D eigenvalue weighted by Crippen LogP contribution is -2.50. The van der Waals surface area contributed by atoms with Crippen LogP contribution in [0.15, 0.2) is 24.3 Å². The van der Waals surface area contributed by atoms with Crippen molar-refractivity contribution >= 4 is 11.9 Å². The highest BCUT2D eigenvalue weighted by Crippen LogP contribution is 2.32. The number of benzene rings is 1. The quantitative estimate of drug-likeness (QED) is 0.890. The number of rotatable bonds is 4. The standard InChI is InChI=1S/C19H25N3O2/c23-18(21-15-9-10-15)17-6-3-11-22(17)19(24)20-12-14-8-7-13-4-1-2-5-16(13)14/h1-2,4-5,14-15,17H,3,6-12H2,(H,20,24)(H,21,23)/t14-,17-/m0/s1. The van der Waals surface area contributed by atoms with Crippen LogP contribution in [0.4, 0.5) is 4.79 Å². The van der Waals surface area contributed by atoms with Crippen LogP contribution >= 0.6 is 0 Å². The molecule has 4 rings (SSSR count). The normalized spacial score (nSPS) is 25.4. The van der Waals surface area contributed by atoms with Crippen LogP contribution in [0, 0.1) is 0 Å². The monoisotopic (exact) mass is 327 g/mol. The molecule has 0 radical (unpaired) electrons. The van der Waals surface area contributed by atoms with Crippen LogP contribution in [0.2, 0.25) is 0 Å². The molecule has 1 aliphatic heterocycles. The minimum atomic E-state index is -0.290. The van der Waals surface area contributed by atoms with Crippen molar-refractivity contribution in [3.8, 4) is 0 Å². The Morgan fingerprint density at radius 2 is 1.96 bits per heavy atom. The Kier molecular flexibility index (Phi) is 4.17. The third-order valence-corrected chi connectivity index (χ3v) is 5.50. The molecule has 1 heterocycles. The first-order valence-electron chi connectivity index (χ1n) is 9.15. The Bertz CT molecular complexity index is 641. The number of urea groups is 1. The molecule has 1 aromatic rings. The van der Waals surface area contributed by atoms with E-state index < -0.39 is 0 Å². The first-order chi connectivity index (χ1) is 11.7. The molecule has 1 aromatic carbocycles. The second kappa shape index (κ2) is 6.46. The summed E-state index contributed by atoms with van der Waals surface area (Å²) in [6, 6.07) is 8.45. The molecule has 0 aromatic heterocycles. The van der Waals surface area contributed by atoms with Gasteiger partial charge in [0.2, 0.25) is 5.91 Å². The van der Waals surface area contributed by atoms with Crippen LogP contribution in [-0.4, -0.2) is 42.0 Å². The zero-order valence-electron chi connectivity index (χ0n) is 14.0. The van der Waals surface area contributed by atoms with Gasteiger partial charge in [-0.3, -0.25) is 4.79 Å². The Labute approximate surface area is 142 Å². The zero-order valence-corrected chi connectivity index (χ0v) is 14.0. The number of hydrogen-bond acceptors (Lipinski definition) is 2. The van der Waals surface area contributed by atoms with Crippen molar-refractivity contribution in [2.75, 3.05) is 13.1 Å². The van der Waals surface area contributed by atoms with Gasteiger partial charge >= 0.3 is 6.03 Å². The number of nitrogens with one attached hydrogen (secondary N) is 2. The first-order valence-corrected chi connectivity index (χ1v) is 9.15. The van der Waals surface area contributed by atoms with Crippen LogP contribution in [0.3, 0.4) is 0 Å². The van der Waals surface area contributed by atoms with Gasteiger partial charge in [0.1, 0.15) is 6.04 Å². The van der Waals surface area contributed by atoms with E-state index in [0.29, 0.717) is 25.0 Å². The molecule has 1 saturated heterocycles. The van der Waals surface area contributed by atoms with E-state index in [-0.39, 0.29) is 18.0 Å². The molecule has 2 aliphatic carbocycles.